The lowest BCUT2D eigenvalue weighted by atomic mass is 9.89. The molecule has 0 amide bonds. The van der Waals surface area contributed by atoms with Crippen molar-refractivity contribution in [1.82, 2.24) is 10.3 Å². The molecule has 144 valence electrons. The fourth-order valence-electron chi connectivity index (χ4n) is 4.15. The number of aliphatic carboxylic acids is 1. The third kappa shape index (κ3) is 2.93. The van der Waals surface area contributed by atoms with Crippen molar-refractivity contribution in [1.29, 1.82) is 0 Å². The van der Waals surface area contributed by atoms with E-state index in [1.807, 2.05) is 54.6 Å². The molecule has 0 fully saturated rings. The summed E-state index contributed by atoms with van der Waals surface area (Å²) in [6, 6.07) is 10.6. The van der Waals surface area contributed by atoms with Gasteiger partial charge in [0, 0.05) is 36.5 Å². The molecule has 2 aliphatic heterocycles. The standard InChI is InChI=1S/C23H18FN3O2/c1-27-11-18(14-4-2-3-13(7-14)8-21(28)29)23-19(12-27)17-10-16(24)9-15-5-6-20(22(15)17)25-26-23/h2-7,9-10,12,26H,8,11H2,1H3,(H,28,29). The predicted octanol–water partition coefficient (Wildman–Crippen LogP) is 3.48. The van der Waals surface area contributed by atoms with Crippen LogP contribution in [0.15, 0.2) is 59.5 Å². The minimum atomic E-state index is -0.867. The van der Waals surface area contributed by atoms with Crippen molar-refractivity contribution in [3.8, 4) is 0 Å². The van der Waals surface area contributed by atoms with Crippen molar-refractivity contribution in [3.63, 3.8) is 0 Å². The molecule has 1 aliphatic carbocycles. The summed E-state index contributed by atoms with van der Waals surface area (Å²) in [6.45, 7) is 0.626. The third-order valence-corrected chi connectivity index (χ3v) is 5.35. The number of benzene rings is 2. The van der Waals surface area contributed by atoms with E-state index in [0.717, 1.165) is 50.4 Å². The van der Waals surface area contributed by atoms with E-state index in [2.05, 4.69) is 10.5 Å². The Morgan fingerprint density at radius 3 is 2.97 bits per heavy atom. The smallest absolute Gasteiger partial charge is 0.307 e. The molecule has 2 N–H and O–H groups in total. The summed E-state index contributed by atoms with van der Waals surface area (Å²) < 4.78 is 14.3. The monoisotopic (exact) mass is 387 g/mol. The van der Waals surface area contributed by atoms with Gasteiger partial charge >= 0.3 is 5.97 Å². The molecule has 5 rings (SSSR count). The zero-order chi connectivity index (χ0) is 20.1. The highest BCUT2D eigenvalue weighted by Gasteiger charge is 2.29. The van der Waals surface area contributed by atoms with Gasteiger partial charge in [0.25, 0.3) is 0 Å². The summed E-state index contributed by atoms with van der Waals surface area (Å²) in [5.74, 6) is -1.15. The summed E-state index contributed by atoms with van der Waals surface area (Å²) in [7, 11) is 1.97. The Labute approximate surface area is 167 Å². The number of allylic oxidation sites excluding steroid dienone is 2. The molecule has 0 radical (unpaired) electrons. The minimum Gasteiger partial charge on any atom is -0.481 e. The van der Waals surface area contributed by atoms with Crippen LogP contribution in [0.3, 0.4) is 0 Å². The number of halogens is 1. The average Bonchev–Trinajstić information content (AvgIpc) is 3.00. The largest absolute Gasteiger partial charge is 0.481 e. The maximum absolute atomic E-state index is 14.3. The second kappa shape index (κ2) is 6.44. The first-order valence-electron chi connectivity index (χ1n) is 9.32. The first kappa shape index (κ1) is 17.4. The lowest BCUT2D eigenvalue weighted by molar-refractivity contribution is -0.136. The molecule has 0 spiro atoms. The van der Waals surface area contributed by atoms with Gasteiger partial charge in [0.15, 0.2) is 0 Å². The molecule has 29 heavy (non-hydrogen) atoms. The second-order valence-electron chi connectivity index (χ2n) is 7.44. The summed E-state index contributed by atoms with van der Waals surface area (Å²) in [5, 5.41) is 13.7. The van der Waals surface area contributed by atoms with E-state index in [1.54, 1.807) is 6.07 Å². The van der Waals surface area contributed by atoms with E-state index in [4.69, 9.17) is 5.11 Å². The number of nitrogens with one attached hydrogen (secondary N) is 1. The summed E-state index contributed by atoms with van der Waals surface area (Å²) in [6.07, 6.45) is 5.72. The molecule has 2 aromatic rings. The number of rotatable bonds is 3. The number of carboxylic acids is 1. The van der Waals surface area contributed by atoms with Gasteiger partial charge in [0.1, 0.15) is 5.82 Å². The Kier molecular flexibility index (Phi) is 3.87. The van der Waals surface area contributed by atoms with E-state index in [0.29, 0.717) is 6.54 Å². The molecular formula is C23H18FN3O2. The van der Waals surface area contributed by atoms with E-state index >= 15 is 0 Å². The van der Waals surface area contributed by atoms with E-state index in [-0.39, 0.29) is 12.2 Å². The van der Waals surface area contributed by atoms with Crippen molar-refractivity contribution in [2.24, 2.45) is 5.10 Å². The lowest BCUT2D eigenvalue weighted by Gasteiger charge is -2.28. The number of carbonyl (C=O) groups is 1. The Morgan fingerprint density at radius 2 is 2.14 bits per heavy atom. The van der Waals surface area contributed by atoms with Crippen LogP contribution in [0, 0.1) is 5.82 Å². The first-order valence-corrected chi connectivity index (χ1v) is 9.32. The Balaban J connectivity index is 1.71. The van der Waals surface area contributed by atoms with Crippen LogP contribution in [-0.4, -0.2) is 35.3 Å². The highest BCUT2D eigenvalue weighted by molar-refractivity contribution is 6.20. The third-order valence-electron chi connectivity index (χ3n) is 5.35. The van der Waals surface area contributed by atoms with Crippen LogP contribution in [0.5, 0.6) is 0 Å². The molecule has 0 saturated heterocycles. The zero-order valence-electron chi connectivity index (χ0n) is 15.7. The Morgan fingerprint density at radius 1 is 1.28 bits per heavy atom. The molecule has 0 atom stereocenters. The normalized spacial score (nSPS) is 16.6. The van der Waals surface area contributed by atoms with Gasteiger partial charge < -0.3 is 10.0 Å². The lowest BCUT2D eigenvalue weighted by Crippen LogP contribution is -2.24. The van der Waals surface area contributed by atoms with Crippen molar-refractivity contribution >= 4 is 28.9 Å². The number of hydrogen-bond donors (Lipinski definition) is 2. The number of nitrogens with zero attached hydrogens (tertiary/aromatic N) is 2. The van der Waals surface area contributed by atoms with Crippen LogP contribution in [0.25, 0.3) is 17.2 Å². The van der Waals surface area contributed by atoms with Gasteiger partial charge in [-0.1, -0.05) is 30.3 Å². The van der Waals surface area contributed by atoms with Gasteiger partial charge in [0.05, 0.1) is 17.8 Å². The molecule has 3 aliphatic rings. The van der Waals surface area contributed by atoms with Gasteiger partial charge in [0.2, 0.25) is 0 Å². The molecule has 0 aromatic heterocycles. The maximum atomic E-state index is 14.3. The Hall–Kier alpha value is -3.67. The van der Waals surface area contributed by atoms with Crippen molar-refractivity contribution < 1.29 is 14.3 Å². The van der Waals surface area contributed by atoms with Gasteiger partial charge in [-0.05, 0) is 40.5 Å². The summed E-state index contributed by atoms with van der Waals surface area (Å²) in [5.41, 5.74) is 10.9. The van der Waals surface area contributed by atoms with Gasteiger partial charge in [-0.2, -0.15) is 5.10 Å². The van der Waals surface area contributed by atoms with Crippen molar-refractivity contribution in [2.75, 3.05) is 13.6 Å². The molecule has 2 heterocycles. The molecule has 0 saturated carbocycles. The maximum Gasteiger partial charge on any atom is 0.307 e. The quantitative estimate of drug-likeness (QED) is 0.846. The van der Waals surface area contributed by atoms with Gasteiger partial charge in [-0.25, -0.2) is 4.39 Å². The number of fused-ring (bicyclic) bond motifs is 2. The van der Waals surface area contributed by atoms with Crippen molar-refractivity contribution in [3.05, 3.63) is 88.0 Å². The zero-order valence-corrected chi connectivity index (χ0v) is 15.7. The highest BCUT2D eigenvalue weighted by Crippen LogP contribution is 2.39. The summed E-state index contributed by atoms with van der Waals surface area (Å²) in [4.78, 5) is 13.2. The van der Waals surface area contributed by atoms with Crippen LogP contribution in [0.1, 0.15) is 27.8 Å². The molecular weight excluding hydrogens is 369 g/mol. The number of likely N-dealkylation sites (N-methyl/N-ethyl adjacent to an activating group) is 1. The van der Waals surface area contributed by atoms with Crippen LogP contribution < -0.4 is 5.43 Å². The number of hydrogen-bond acceptors (Lipinski definition) is 4. The molecule has 0 unspecified atom stereocenters. The van der Waals surface area contributed by atoms with E-state index in [9.17, 15) is 9.18 Å². The SMILES string of the molecule is CN1C=C2C(=C(c3cccc(CC(=O)O)c3)C1)NN=C1C=Cc3cc(F)cc2c31. The van der Waals surface area contributed by atoms with E-state index < -0.39 is 5.97 Å². The number of hydrazone groups is 1. The van der Waals surface area contributed by atoms with Gasteiger partial charge in [-0.3, -0.25) is 10.2 Å². The van der Waals surface area contributed by atoms with Crippen LogP contribution >= 0.6 is 0 Å². The van der Waals surface area contributed by atoms with Crippen LogP contribution in [0.2, 0.25) is 0 Å². The fourth-order valence-corrected chi connectivity index (χ4v) is 4.15. The van der Waals surface area contributed by atoms with Crippen LogP contribution in [-0.2, 0) is 11.2 Å². The van der Waals surface area contributed by atoms with E-state index in [1.165, 1.54) is 6.07 Å². The Bertz CT molecular complexity index is 1190. The number of carboxylic acid groups (broad SMARTS) is 1. The van der Waals surface area contributed by atoms with Crippen LogP contribution in [0.4, 0.5) is 4.39 Å². The molecule has 6 heteroatoms. The summed E-state index contributed by atoms with van der Waals surface area (Å²) >= 11 is 0. The average molecular weight is 387 g/mol. The minimum absolute atomic E-state index is 0.0348. The molecule has 2 aromatic carbocycles. The highest BCUT2D eigenvalue weighted by atomic mass is 19.1. The van der Waals surface area contributed by atoms with Crippen molar-refractivity contribution in [2.45, 2.75) is 6.42 Å². The van der Waals surface area contributed by atoms with Gasteiger partial charge in [-0.15, -0.1) is 0 Å². The molecule has 0 bridgehead atoms. The second-order valence-corrected chi connectivity index (χ2v) is 7.44. The molecule has 5 nitrogen and oxygen atoms in total. The first-order chi connectivity index (χ1) is 14.0. The predicted molar refractivity (Wildman–Crippen MR) is 110 cm³/mol. The topological polar surface area (TPSA) is 64.9 Å². The fraction of sp³-hybridized carbons (Fsp3) is 0.130.